The van der Waals surface area contributed by atoms with Gasteiger partial charge in [0.05, 0.1) is 0 Å². The average Bonchev–Trinajstić information content (AvgIpc) is 2.48. The molecule has 0 aromatic rings. The summed E-state index contributed by atoms with van der Waals surface area (Å²) in [5, 5.41) is 0. The summed E-state index contributed by atoms with van der Waals surface area (Å²) in [4.78, 5) is 0. The second kappa shape index (κ2) is 7.40. The molecule has 0 spiro atoms. The van der Waals surface area contributed by atoms with Crippen molar-refractivity contribution in [1.29, 1.82) is 0 Å². The molecule has 2 fully saturated rings. The van der Waals surface area contributed by atoms with Gasteiger partial charge in [-0.15, -0.1) is 0 Å². The van der Waals surface area contributed by atoms with Gasteiger partial charge in [-0.1, -0.05) is 26.2 Å². The fraction of sp³-hybridized carbons (Fsp3) is 1.00. The summed E-state index contributed by atoms with van der Waals surface area (Å²) in [6.07, 6.45) is 7.39. The molecule has 1 saturated carbocycles. The summed E-state index contributed by atoms with van der Waals surface area (Å²) < 4.78 is 29.7. The molecule has 5 nitrogen and oxygen atoms in total. The van der Waals surface area contributed by atoms with Crippen LogP contribution in [-0.4, -0.2) is 48.7 Å². The Hall–Kier alpha value is -0.170. The molecule has 1 aliphatic heterocycles. The Kier molecular flexibility index (Phi) is 6.05. The second-order valence-electron chi connectivity index (χ2n) is 6.51. The van der Waals surface area contributed by atoms with Gasteiger partial charge in [-0.05, 0) is 45.1 Å². The zero-order chi connectivity index (χ0) is 15.5. The van der Waals surface area contributed by atoms with E-state index in [4.69, 9.17) is 5.73 Å². The van der Waals surface area contributed by atoms with Gasteiger partial charge in [-0.2, -0.15) is 17.0 Å². The molecule has 3 atom stereocenters. The van der Waals surface area contributed by atoms with Crippen LogP contribution in [0.15, 0.2) is 0 Å². The van der Waals surface area contributed by atoms with E-state index in [1.165, 1.54) is 6.42 Å². The Morgan fingerprint density at radius 3 is 2.43 bits per heavy atom. The van der Waals surface area contributed by atoms with Gasteiger partial charge in [0.15, 0.2) is 0 Å². The number of hydrogen-bond acceptors (Lipinski definition) is 3. The molecule has 0 amide bonds. The first-order valence-electron chi connectivity index (χ1n) is 8.51. The minimum Gasteiger partial charge on any atom is -0.330 e. The van der Waals surface area contributed by atoms with Crippen molar-refractivity contribution in [2.24, 2.45) is 11.7 Å². The zero-order valence-corrected chi connectivity index (χ0v) is 14.3. The SMILES string of the molecule is CCN(C1CCCCC1CN)S(=O)(=O)N1CCCCC1C. The van der Waals surface area contributed by atoms with E-state index in [-0.39, 0.29) is 12.1 Å². The molecule has 2 rings (SSSR count). The van der Waals surface area contributed by atoms with Crippen LogP contribution in [0.5, 0.6) is 0 Å². The first-order valence-corrected chi connectivity index (χ1v) is 9.90. The lowest BCUT2D eigenvalue weighted by Crippen LogP contribution is -2.55. The second-order valence-corrected chi connectivity index (χ2v) is 8.35. The molecule has 124 valence electrons. The summed E-state index contributed by atoms with van der Waals surface area (Å²) in [5.41, 5.74) is 5.90. The highest BCUT2D eigenvalue weighted by molar-refractivity contribution is 7.86. The van der Waals surface area contributed by atoms with E-state index in [0.29, 0.717) is 25.6 Å². The maximum Gasteiger partial charge on any atom is 0.282 e. The van der Waals surface area contributed by atoms with Crippen LogP contribution in [-0.2, 0) is 10.2 Å². The molecule has 1 heterocycles. The molecular weight excluding hydrogens is 286 g/mol. The van der Waals surface area contributed by atoms with Crippen LogP contribution < -0.4 is 5.73 Å². The van der Waals surface area contributed by atoms with Gasteiger partial charge >= 0.3 is 0 Å². The van der Waals surface area contributed by atoms with E-state index in [0.717, 1.165) is 38.5 Å². The normalized spacial score (nSPS) is 32.5. The lowest BCUT2D eigenvalue weighted by atomic mass is 9.84. The fourth-order valence-electron chi connectivity index (χ4n) is 3.96. The van der Waals surface area contributed by atoms with Crippen molar-refractivity contribution >= 4 is 10.2 Å². The highest BCUT2D eigenvalue weighted by atomic mass is 32.2. The number of hydrogen-bond donors (Lipinski definition) is 1. The highest BCUT2D eigenvalue weighted by Gasteiger charge is 2.40. The Bertz CT molecular complexity index is 427. The Morgan fingerprint density at radius 1 is 1.14 bits per heavy atom. The first-order chi connectivity index (χ1) is 10.0. The predicted octanol–water partition coefficient (Wildman–Crippen LogP) is 1.95. The van der Waals surface area contributed by atoms with E-state index in [1.54, 1.807) is 8.61 Å². The third-order valence-electron chi connectivity index (χ3n) is 5.19. The number of nitrogens with two attached hydrogens (primary N) is 1. The third kappa shape index (κ3) is 3.60. The van der Waals surface area contributed by atoms with Gasteiger partial charge in [-0.25, -0.2) is 0 Å². The zero-order valence-electron chi connectivity index (χ0n) is 13.5. The summed E-state index contributed by atoms with van der Waals surface area (Å²) >= 11 is 0. The molecule has 2 N–H and O–H groups in total. The Balaban J connectivity index is 2.21. The number of nitrogens with zero attached hydrogens (tertiary/aromatic N) is 2. The standard InChI is InChI=1S/C15H31N3O2S/c1-3-17(15-10-5-4-9-14(15)12-16)21(19,20)18-11-7-6-8-13(18)2/h13-15H,3-12,16H2,1-2H3. The minimum atomic E-state index is -3.35. The molecule has 0 radical (unpaired) electrons. The molecule has 2 aliphatic rings. The van der Waals surface area contributed by atoms with Crippen molar-refractivity contribution < 1.29 is 8.42 Å². The lowest BCUT2D eigenvalue weighted by molar-refractivity contribution is 0.166. The molecule has 3 unspecified atom stereocenters. The fourth-order valence-corrected chi connectivity index (χ4v) is 6.10. The van der Waals surface area contributed by atoms with Gasteiger partial charge in [0.2, 0.25) is 0 Å². The van der Waals surface area contributed by atoms with Gasteiger partial charge in [0.1, 0.15) is 0 Å². The summed E-state index contributed by atoms with van der Waals surface area (Å²) in [5.74, 6) is 0.313. The third-order valence-corrected chi connectivity index (χ3v) is 7.44. The summed E-state index contributed by atoms with van der Waals surface area (Å²) in [7, 11) is -3.35. The van der Waals surface area contributed by atoms with E-state index in [9.17, 15) is 8.42 Å². The van der Waals surface area contributed by atoms with Crippen LogP contribution in [0.3, 0.4) is 0 Å². The molecule has 1 saturated heterocycles. The smallest absolute Gasteiger partial charge is 0.282 e. The monoisotopic (exact) mass is 317 g/mol. The molecule has 0 bridgehead atoms. The summed E-state index contributed by atoms with van der Waals surface area (Å²) in [6.45, 7) is 5.79. The van der Waals surface area contributed by atoms with Crippen LogP contribution in [0.2, 0.25) is 0 Å². The molecule has 0 aromatic heterocycles. The van der Waals surface area contributed by atoms with E-state index >= 15 is 0 Å². The first kappa shape index (κ1) is 17.2. The Labute approximate surface area is 130 Å². The van der Waals surface area contributed by atoms with Gasteiger partial charge in [0.25, 0.3) is 10.2 Å². The van der Waals surface area contributed by atoms with Gasteiger partial charge in [-0.3, -0.25) is 0 Å². The maximum atomic E-state index is 13.1. The predicted molar refractivity (Wildman–Crippen MR) is 86.1 cm³/mol. The van der Waals surface area contributed by atoms with Crippen LogP contribution in [0.25, 0.3) is 0 Å². The van der Waals surface area contributed by atoms with E-state index in [2.05, 4.69) is 0 Å². The van der Waals surface area contributed by atoms with Crippen LogP contribution >= 0.6 is 0 Å². The van der Waals surface area contributed by atoms with Gasteiger partial charge < -0.3 is 5.73 Å². The van der Waals surface area contributed by atoms with Crippen molar-refractivity contribution in [3.05, 3.63) is 0 Å². The van der Waals surface area contributed by atoms with Crippen LogP contribution in [0, 0.1) is 5.92 Å². The van der Waals surface area contributed by atoms with Crippen molar-refractivity contribution in [3.63, 3.8) is 0 Å². The highest BCUT2D eigenvalue weighted by Crippen LogP contribution is 2.32. The molecule has 21 heavy (non-hydrogen) atoms. The number of rotatable bonds is 5. The minimum absolute atomic E-state index is 0.0906. The van der Waals surface area contributed by atoms with Gasteiger partial charge in [0, 0.05) is 25.2 Å². The molecular formula is C15H31N3O2S. The maximum absolute atomic E-state index is 13.1. The molecule has 6 heteroatoms. The van der Waals surface area contributed by atoms with Crippen molar-refractivity contribution in [1.82, 2.24) is 8.61 Å². The topological polar surface area (TPSA) is 66.6 Å². The van der Waals surface area contributed by atoms with Crippen LogP contribution in [0.4, 0.5) is 0 Å². The van der Waals surface area contributed by atoms with Crippen molar-refractivity contribution in [2.75, 3.05) is 19.6 Å². The lowest BCUT2D eigenvalue weighted by Gasteiger charge is -2.42. The largest absolute Gasteiger partial charge is 0.330 e. The average molecular weight is 317 g/mol. The van der Waals surface area contributed by atoms with E-state index < -0.39 is 10.2 Å². The molecule has 1 aliphatic carbocycles. The molecule has 0 aromatic carbocycles. The van der Waals surface area contributed by atoms with Crippen LogP contribution in [0.1, 0.15) is 58.8 Å². The van der Waals surface area contributed by atoms with E-state index in [1.807, 2.05) is 13.8 Å². The quantitative estimate of drug-likeness (QED) is 0.843. The summed E-state index contributed by atoms with van der Waals surface area (Å²) in [6, 6.07) is 0.214. The Morgan fingerprint density at radius 2 is 1.81 bits per heavy atom. The van der Waals surface area contributed by atoms with Crippen molar-refractivity contribution in [2.45, 2.75) is 70.9 Å². The van der Waals surface area contributed by atoms with Crippen molar-refractivity contribution in [3.8, 4) is 0 Å². The number of piperidine rings is 1.